The largest absolute Gasteiger partial charge is 0.489 e. The number of nitrogens with one attached hydrogen (secondary N) is 1. The summed E-state index contributed by atoms with van der Waals surface area (Å²) in [6.07, 6.45) is -0.0259. The van der Waals surface area contributed by atoms with E-state index in [1.807, 2.05) is 37.3 Å². The first-order valence-electron chi connectivity index (χ1n) is 8.95. The van der Waals surface area contributed by atoms with Crippen LogP contribution in [-0.4, -0.2) is 31.1 Å². The monoisotopic (exact) mass is 371 g/mol. The minimum Gasteiger partial charge on any atom is -0.489 e. The lowest BCUT2D eigenvalue weighted by Crippen LogP contribution is -2.37. The van der Waals surface area contributed by atoms with Gasteiger partial charge in [0.25, 0.3) is 5.91 Å². The Hall–Kier alpha value is -3.02. The maximum absolute atomic E-state index is 11.8. The Morgan fingerprint density at radius 2 is 1.59 bits per heavy atom. The highest BCUT2D eigenvalue weighted by Crippen LogP contribution is 2.18. The van der Waals surface area contributed by atoms with Gasteiger partial charge in [-0.25, -0.2) is 4.79 Å². The summed E-state index contributed by atoms with van der Waals surface area (Å²) in [5.41, 5.74) is 1.08. The Labute approximate surface area is 159 Å². The fourth-order valence-electron chi connectivity index (χ4n) is 2.19. The molecular weight excluding hydrogens is 346 g/mol. The normalized spacial score (nSPS) is 11.3. The highest BCUT2D eigenvalue weighted by atomic mass is 16.6. The van der Waals surface area contributed by atoms with Crippen molar-refractivity contribution in [3.8, 4) is 11.5 Å². The molecule has 6 heteroatoms. The van der Waals surface area contributed by atoms with Crippen LogP contribution in [0.2, 0.25) is 0 Å². The molecule has 0 aromatic heterocycles. The number of benzene rings is 2. The van der Waals surface area contributed by atoms with Gasteiger partial charge < -0.3 is 19.5 Å². The van der Waals surface area contributed by atoms with E-state index in [4.69, 9.17) is 14.2 Å². The molecule has 0 aliphatic carbocycles. The van der Waals surface area contributed by atoms with Gasteiger partial charge in [-0.2, -0.15) is 0 Å². The third-order valence-corrected chi connectivity index (χ3v) is 3.66. The van der Waals surface area contributed by atoms with Crippen LogP contribution in [0, 0.1) is 0 Å². The molecule has 1 N–H and O–H groups in total. The van der Waals surface area contributed by atoms with Crippen molar-refractivity contribution in [3.63, 3.8) is 0 Å². The molecule has 0 spiro atoms. The Bertz CT molecular complexity index is 715. The van der Waals surface area contributed by atoms with E-state index >= 15 is 0 Å². The molecule has 0 heterocycles. The number of hydrogen-bond acceptors (Lipinski definition) is 5. The van der Waals surface area contributed by atoms with Crippen molar-refractivity contribution in [2.24, 2.45) is 0 Å². The molecule has 0 saturated carbocycles. The van der Waals surface area contributed by atoms with Crippen LogP contribution in [0.25, 0.3) is 0 Å². The SMILES string of the molecule is CCCNC(=O)[C@@H](C)OC(=O)COc1ccc(OCc2ccccc2)cc1. The molecular formula is C21H25NO5. The first-order valence-corrected chi connectivity index (χ1v) is 8.95. The molecule has 2 rings (SSSR count). The zero-order valence-corrected chi connectivity index (χ0v) is 15.6. The summed E-state index contributed by atoms with van der Waals surface area (Å²) in [4.78, 5) is 23.4. The molecule has 2 aromatic rings. The quantitative estimate of drug-likeness (QED) is 0.650. The van der Waals surface area contributed by atoms with Crippen molar-refractivity contribution < 1.29 is 23.8 Å². The van der Waals surface area contributed by atoms with Crippen LogP contribution in [0.3, 0.4) is 0 Å². The summed E-state index contributed by atoms with van der Waals surface area (Å²) >= 11 is 0. The molecule has 0 unspecified atom stereocenters. The lowest BCUT2D eigenvalue weighted by Gasteiger charge is -2.13. The van der Waals surface area contributed by atoms with Crippen LogP contribution < -0.4 is 14.8 Å². The molecule has 0 saturated heterocycles. The first kappa shape index (κ1) is 20.3. The number of amides is 1. The van der Waals surface area contributed by atoms with E-state index < -0.39 is 12.1 Å². The molecule has 0 fully saturated rings. The molecule has 1 amide bonds. The Balaban J connectivity index is 1.72. The molecule has 0 bridgehead atoms. The maximum Gasteiger partial charge on any atom is 0.344 e. The fraction of sp³-hybridized carbons (Fsp3) is 0.333. The van der Waals surface area contributed by atoms with E-state index in [-0.39, 0.29) is 12.5 Å². The number of hydrogen-bond donors (Lipinski definition) is 1. The molecule has 144 valence electrons. The summed E-state index contributed by atoms with van der Waals surface area (Å²) in [5.74, 6) is 0.306. The van der Waals surface area contributed by atoms with Gasteiger partial charge in [0.1, 0.15) is 18.1 Å². The number of carbonyl (C=O) groups excluding carboxylic acids is 2. The van der Waals surface area contributed by atoms with Crippen molar-refractivity contribution in [2.75, 3.05) is 13.2 Å². The van der Waals surface area contributed by atoms with E-state index in [0.29, 0.717) is 24.7 Å². The number of carbonyl (C=O) groups is 2. The highest BCUT2D eigenvalue weighted by Gasteiger charge is 2.17. The number of rotatable bonds is 10. The van der Waals surface area contributed by atoms with Gasteiger partial charge in [-0.3, -0.25) is 4.79 Å². The number of esters is 1. The van der Waals surface area contributed by atoms with E-state index in [1.165, 1.54) is 6.92 Å². The van der Waals surface area contributed by atoms with Gasteiger partial charge in [-0.1, -0.05) is 37.3 Å². The first-order chi connectivity index (χ1) is 13.1. The van der Waals surface area contributed by atoms with Gasteiger partial charge >= 0.3 is 5.97 Å². The molecule has 0 radical (unpaired) electrons. The topological polar surface area (TPSA) is 73.9 Å². The second-order valence-corrected chi connectivity index (χ2v) is 5.96. The van der Waals surface area contributed by atoms with Crippen LogP contribution in [0.4, 0.5) is 0 Å². The number of ether oxygens (including phenoxy) is 3. The molecule has 2 aromatic carbocycles. The van der Waals surface area contributed by atoms with Crippen molar-refractivity contribution >= 4 is 11.9 Å². The molecule has 27 heavy (non-hydrogen) atoms. The van der Waals surface area contributed by atoms with Crippen molar-refractivity contribution in [2.45, 2.75) is 33.0 Å². The standard InChI is InChI=1S/C21H25NO5/c1-3-13-22-21(24)16(2)27-20(23)15-26-19-11-9-18(10-12-19)25-14-17-7-5-4-6-8-17/h4-12,16H,3,13-15H2,1-2H3,(H,22,24)/t16-/m1/s1. The second kappa shape index (κ2) is 10.9. The zero-order chi connectivity index (χ0) is 19.5. The second-order valence-electron chi connectivity index (χ2n) is 5.96. The van der Waals surface area contributed by atoms with Crippen LogP contribution in [0.15, 0.2) is 54.6 Å². The van der Waals surface area contributed by atoms with Gasteiger partial charge in [-0.15, -0.1) is 0 Å². The third kappa shape index (κ3) is 7.40. The zero-order valence-electron chi connectivity index (χ0n) is 15.6. The lowest BCUT2D eigenvalue weighted by atomic mass is 10.2. The maximum atomic E-state index is 11.8. The summed E-state index contributed by atoms with van der Waals surface area (Å²) < 4.78 is 16.1. The van der Waals surface area contributed by atoms with Crippen LogP contribution in [-0.2, 0) is 20.9 Å². The van der Waals surface area contributed by atoms with Crippen molar-refractivity contribution in [3.05, 3.63) is 60.2 Å². The summed E-state index contributed by atoms with van der Waals surface area (Å²) in [7, 11) is 0. The molecule has 0 aliphatic heterocycles. The Morgan fingerprint density at radius 1 is 0.963 bits per heavy atom. The van der Waals surface area contributed by atoms with Gasteiger partial charge in [0.05, 0.1) is 0 Å². The van der Waals surface area contributed by atoms with E-state index in [1.54, 1.807) is 24.3 Å². The third-order valence-electron chi connectivity index (χ3n) is 3.66. The predicted molar refractivity (Wildman–Crippen MR) is 102 cm³/mol. The van der Waals surface area contributed by atoms with Crippen LogP contribution in [0.5, 0.6) is 11.5 Å². The summed E-state index contributed by atoms with van der Waals surface area (Å²) in [6.45, 7) is 4.24. The summed E-state index contributed by atoms with van der Waals surface area (Å²) in [6, 6.07) is 16.8. The minimum atomic E-state index is -0.846. The van der Waals surface area contributed by atoms with Gasteiger partial charge in [-0.05, 0) is 43.2 Å². The highest BCUT2D eigenvalue weighted by molar-refractivity contribution is 5.83. The summed E-state index contributed by atoms with van der Waals surface area (Å²) in [5, 5.41) is 2.67. The Morgan fingerprint density at radius 3 is 2.22 bits per heavy atom. The van der Waals surface area contributed by atoms with Gasteiger partial charge in [0.15, 0.2) is 12.7 Å². The average molecular weight is 371 g/mol. The smallest absolute Gasteiger partial charge is 0.344 e. The van der Waals surface area contributed by atoms with Gasteiger partial charge in [0.2, 0.25) is 0 Å². The van der Waals surface area contributed by atoms with E-state index in [9.17, 15) is 9.59 Å². The van der Waals surface area contributed by atoms with Crippen LogP contribution >= 0.6 is 0 Å². The van der Waals surface area contributed by atoms with Gasteiger partial charge in [0, 0.05) is 6.54 Å². The molecule has 6 nitrogen and oxygen atoms in total. The van der Waals surface area contributed by atoms with E-state index in [0.717, 1.165) is 12.0 Å². The predicted octanol–water partition coefficient (Wildman–Crippen LogP) is 3.10. The van der Waals surface area contributed by atoms with E-state index in [2.05, 4.69) is 5.32 Å². The minimum absolute atomic E-state index is 0.268. The fourth-order valence-corrected chi connectivity index (χ4v) is 2.19. The Kier molecular flexibility index (Phi) is 8.16. The lowest BCUT2D eigenvalue weighted by molar-refractivity contribution is -0.156. The van der Waals surface area contributed by atoms with Crippen LogP contribution in [0.1, 0.15) is 25.8 Å². The molecule has 1 atom stereocenters. The average Bonchev–Trinajstić information content (AvgIpc) is 2.70. The van der Waals surface area contributed by atoms with Crippen molar-refractivity contribution in [1.29, 1.82) is 0 Å². The molecule has 0 aliphatic rings. The van der Waals surface area contributed by atoms with Crippen molar-refractivity contribution in [1.82, 2.24) is 5.32 Å².